The topological polar surface area (TPSA) is 44.4 Å². The highest BCUT2D eigenvalue weighted by molar-refractivity contribution is 6.33. The Hall–Kier alpha value is -1.10. The molecule has 0 bridgehead atoms. The smallest absolute Gasteiger partial charge is 0.238 e. The number of hydrogen-bond acceptors (Lipinski definition) is 3. The summed E-state index contributed by atoms with van der Waals surface area (Å²) < 4.78 is 0. The van der Waals surface area contributed by atoms with Crippen LogP contribution in [-0.2, 0) is 4.79 Å². The van der Waals surface area contributed by atoms with E-state index in [1.807, 2.05) is 25.2 Å². The molecule has 2 N–H and O–H groups in total. The van der Waals surface area contributed by atoms with Crippen LogP contribution in [0, 0.1) is 0 Å². The number of rotatable bonds is 4. The minimum atomic E-state index is -0.00370. The third-order valence-corrected chi connectivity index (χ3v) is 3.84. The second kappa shape index (κ2) is 6.89. The van der Waals surface area contributed by atoms with E-state index in [0.29, 0.717) is 23.3 Å². The van der Waals surface area contributed by atoms with Crippen LogP contribution in [-0.4, -0.2) is 43.5 Å². The Morgan fingerprint density at radius 1 is 1.37 bits per heavy atom. The molecule has 0 radical (unpaired) electrons. The van der Waals surface area contributed by atoms with Gasteiger partial charge in [0.15, 0.2) is 0 Å². The average Bonchev–Trinajstić information content (AvgIpc) is 2.42. The van der Waals surface area contributed by atoms with E-state index in [2.05, 4.69) is 15.5 Å². The lowest BCUT2D eigenvalue weighted by atomic mass is 10.1. The first-order valence-electron chi connectivity index (χ1n) is 6.63. The molecule has 0 aromatic heterocycles. The first kappa shape index (κ1) is 14.3. The minimum absolute atomic E-state index is 0.00370. The molecule has 1 fully saturated rings. The van der Waals surface area contributed by atoms with Gasteiger partial charge in [0.25, 0.3) is 0 Å². The number of hydrogen-bond donors (Lipinski definition) is 2. The largest absolute Gasteiger partial charge is 0.324 e. The van der Waals surface area contributed by atoms with Crippen molar-refractivity contribution >= 4 is 23.2 Å². The number of anilines is 1. The first-order chi connectivity index (χ1) is 9.19. The van der Waals surface area contributed by atoms with Crippen molar-refractivity contribution in [3.63, 3.8) is 0 Å². The van der Waals surface area contributed by atoms with Crippen molar-refractivity contribution < 1.29 is 4.79 Å². The number of piperidine rings is 1. The van der Waals surface area contributed by atoms with Gasteiger partial charge in [0.2, 0.25) is 5.91 Å². The Labute approximate surface area is 119 Å². The summed E-state index contributed by atoms with van der Waals surface area (Å²) in [6.07, 6.45) is 2.19. The summed E-state index contributed by atoms with van der Waals surface area (Å²) in [6.45, 7) is 2.35. The molecule has 2 rings (SSSR count). The summed E-state index contributed by atoms with van der Waals surface area (Å²) in [5, 5.41) is 6.71. The normalized spacial score (nSPS) is 17.4. The van der Waals surface area contributed by atoms with E-state index in [1.54, 1.807) is 6.07 Å². The highest BCUT2D eigenvalue weighted by Crippen LogP contribution is 2.20. The van der Waals surface area contributed by atoms with Crippen molar-refractivity contribution in [2.24, 2.45) is 0 Å². The first-order valence-corrected chi connectivity index (χ1v) is 7.01. The lowest BCUT2D eigenvalue weighted by Gasteiger charge is -2.31. The van der Waals surface area contributed by atoms with Crippen LogP contribution in [0.2, 0.25) is 5.02 Å². The Morgan fingerprint density at radius 2 is 2.05 bits per heavy atom. The van der Waals surface area contributed by atoms with Crippen LogP contribution in [0.25, 0.3) is 0 Å². The summed E-state index contributed by atoms with van der Waals surface area (Å²) in [7, 11) is 1.99. The Kier molecular flexibility index (Phi) is 5.19. The maximum atomic E-state index is 12.0. The van der Waals surface area contributed by atoms with Gasteiger partial charge in [-0.1, -0.05) is 23.7 Å². The van der Waals surface area contributed by atoms with Gasteiger partial charge in [-0.25, -0.2) is 0 Å². The van der Waals surface area contributed by atoms with Gasteiger partial charge in [-0.15, -0.1) is 0 Å². The van der Waals surface area contributed by atoms with Gasteiger partial charge in [0, 0.05) is 19.1 Å². The summed E-state index contributed by atoms with van der Waals surface area (Å²) in [6, 6.07) is 7.88. The number of carbonyl (C=O) groups excluding carboxylic acids is 1. The number of halogens is 1. The molecule has 1 aromatic carbocycles. The molecule has 0 aliphatic carbocycles. The molecule has 1 heterocycles. The molecule has 104 valence electrons. The quantitative estimate of drug-likeness (QED) is 0.887. The van der Waals surface area contributed by atoms with Gasteiger partial charge in [-0.05, 0) is 32.0 Å². The van der Waals surface area contributed by atoms with Gasteiger partial charge in [0.05, 0.1) is 17.3 Å². The molecule has 5 heteroatoms. The summed E-state index contributed by atoms with van der Waals surface area (Å²) in [5.41, 5.74) is 0.680. The zero-order chi connectivity index (χ0) is 13.7. The SMILES string of the molecule is CNC1CCN(CC(=O)Nc2ccccc2Cl)CC1. The zero-order valence-corrected chi connectivity index (χ0v) is 11.9. The number of benzene rings is 1. The van der Waals surface area contributed by atoms with E-state index >= 15 is 0 Å². The van der Waals surface area contributed by atoms with Gasteiger partial charge in [0.1, 0.15) is 0 Å². The molecule has 1 amide bonds. The van der Waals surface area contributed by atoms with Crippen molar-refractivity contribution in [3.8, 4) is 0 Å². The van der Waals surface area contributed by atoms with Gasteiger partial charge >= 0.3 is 0 Å². The third-order valence-electron chi connectivity index (χ3n) is 3.51. The highest BCUT2D eigenvalue weighted by Gasteiger charge is 2.19. The fraction of sp³-hybridized carbons (Fsp3) is 0.500. The van der Waals surface area contributed by atoms with E-state index in [9.17, 15) is 4.79 Å². The van der Waals surface area contributed by atoms with Crippen LogP contribution in [0.3, 0.4) is 0 Å². The number of nitrogens with zero attached hydrogens (tertiary/aromatic N) is 1. The van der Waals surface area contributed by atoms with Crippen molar-refractivity contribution in [2.45, 2.75) is 18.9 Å². The monoisotopic (exact) mass is 281 g/mol. The van der Waals surface area contributed by atoms with Crippen LogP contribution < -0.4 is 10.6 Å². The fourth-order valence-corrected chi connectivity index (χ4v) is 2.52. The van der Waals surface area contributed by atoms with E-state index in [4.69, 9.17) is 11.6 Å². The molecule has 0 saturated carbocycles. The number of likely N-dealkylation sites (tertiary alicyclic amines) is 1. The van der Waals surface area contributed by atoms with Gasteiger partial charge in [-0.2, -0.15) is 0 Å². The number of carbonyl (C=O) groups is 1. The maximum absolute atomic E-state index is 12.0. The summed E-state index contributed by atoms with van der Waals surface area (Å²) >= 11 is 6.01. The second-order valence-electron chi connectivity index (χ2n) is 4.87. The molecule has 1 aliphatic heterocycles. The molecule has 4 nitrogen and oxygen atoms in total. The van der Waals surface area contributed by atoms with Gasteiger partial charge in [-0.3, -0.25) is 9.69 Å². The van der Waals surface area contributed by atoms with E-state index < -0.39 is 0 Å². The van der Waals surface area contributed by atoms with Crippen LogP contribution in [0.5, 0.6) is 0 Å². The predicted octanol–water partition coefficient (Wildman–Crippen LogP) is 1.96. The van der Waals surface area contributed by atoms with E-state index in [-0.39, 0.29) is 5.91 Å². The molecule has 0 spiro atoms. The standard InChI is InChI=1S/C14H20ClN3O/c1-16-11-6-8-18(9-7-11)10-14(19)17-13-5-3-2-4-12(13)15/h2-5,11,16H,6-10H2,1H3,(H,17,19). The van der Waals surface area contributed by atoms with Crippen molar-refractivity contribution in [3.05, 3.63) is 29.3 Å². The fourth-order valence-electron chi connectivity index (χ4n) is 2.34. The van der Waals surface area contributed by atoms with Crippen LogP contribution in [0.1, 0.15) is 12.8 Å². The Morgan fingerprint density at radius 3 is 2.68 bits per heavy atom. The van der Waals surface area contributed by atoms with Crippen LogP contribution >= 0.6 is 11.6 Å². The van der Waals surface area contributed by atoms with Crippen molar-refractivity contribution in [2.75, 3.05) is 32.0 Å². The molecular formula is C14H20ClN3O. The Bertz CT molecular complexity index is 430. The molecule has 1 aliphatic rings. The zero-order valence-electron chi connectivity index (χ0n) is 11.2. The van der Waals surface area contributed by atoms with Crippen molar-refractivity contribution in [1.29, 1.82) is 0 Å². The average molecular weight is 282 g/mol. The molecule has 19 heavy (non-hydrogen) atoms. The molecule has 0 unspecified atom stereocenters. The van der Waals surface area contributed by atoms with Crippen LogP contribution in [0.15, 0.2) is 24.3 Å². The van der Waals surface area contributed by atoms with E-state index in [1.165, 1.54) is 0 Å². The third kappa shape index (κ3) is 4.20. The second-order valence-corrected chi connectivity index (χ2v) is 5.27. The molecule has 1 saturated heterocycles. The number of para-hydroxylation sites is 1. The highest BCUT2D eigenvalue weighted by atomic mass is 35.5. The molecular weight excluding hydrogens is 262 g/mol. The lowest BCUT2D eigenvalue weighted by Crippen LogP contribution is -2.44. The number of amides is 1. The van der Waals surface area contributed by atoms with E-state index in [0.717, 1.165) is 25.9 Å². The molecule has 1 aromatic rings. The molecule has 0 atom stereocenters. The lowest BCUT2D eigenvalue weighted by molar-refractivity contribution is -0.117. The maximum Gasteiger partial charge on any atom is 0.238 e. The predicted molar refractivity (Wildman–Crippen MR) is 78.6 cm³/mol. The van der Waals surface area contributed by atoms with Crippen molar-refractivity contribution in [1.82, 2.24) is 10.2 Å². The number of nitrogens with one attached hydrogen (secondary N) is 2. The van der Waals surface area contributed by atoms with Crippen LogP contribution in [0.4, 0.5) is 5.69 Å². The Balaban J connectivity index is 1.81. The summed E-state index contributed by atoms with van der Waals surface area (Å²) in [4.78, 5) is 14.1. The summed E-state index contributed by atoms with van der Waals surface area (Å²) in [5.74, 6) is -0.00370. The van der Waals surface area contributed by atoms with Gasteiger partial charge < -0.3 is 10.6 Å². The minimum Gasteiger partial charge on any atom is -0.324 e.